The molecule has 13 heavy (non-hydrogen) atoms. The van der Waals surface area contributed by atoms with E-state index in [9.17, 15) is 0 Å². The molecular weight excluding hydrogens is 156 g/mol. The van der Waals surface area contributed by atoms with Gasteiger partial charge in [0, 0.05) is 0 Å². The van der Waals surface area contributed by atoms with Crippen molar-refractivity contribution in [2.75, 3.05) is 0 Å². The lowest BCUT2D eigenvalue weighted by atomic mass is 9.94. The van der Waals surface area contributed by atoms with E-state index in [0.717, 1.165) is 35.5 Å². The number of hydrogen-bond donors (Lipinski definition) is 0. The van der Waals surface area contributed by atoms with Crippen molar-refractivity contribution in [3.8, 4) is 0 Å². The van der Waals surface area contributed by atoms with Gasteiger partial charge in [-0.2, -0.15) is 0 Å². The van der Waals surface area contributed by atoms with Crippen molar-refractivity contribution < 1.29 is 0 Å². The van der Waals surface area contributed by atoms with Crippen LogP contribution < -0.4 is 0 Å². The van der Waals surface area contributed by atoms with E-state index in [2.05, 4.69) is 27.7 Å². The Kier molecular flexibility index (Phi) is 2.42. The first-order valence-electron chi connectivity index (χ1n) is 6.20. The second-order valence-corrected chi connectivity index (χ2v) is 5.47. The molecule has 0 saturated heterocycles. The Morgan fingerprint density at radius 1 is 1.15 bits per heavy atom. The summed E-state index contributed by atoms with van der Waals surface area (Å²) < 4.78 is 0. The lowest BCUT2D eigenvalue weighted by molar-refractivity contribution is 0.388. The number of hydrogen-bond acceptors (Lipinski definition) is 0. The van der Waals surface area contributed by atoms with Crippen molar-refractivity contribution in [1.82, 2.24) is 0 Å². The smallest absolute Gasteiger partial charge is 0.0321 e. The topological polar surface area (TPSA) is 0 Å². The van der Waals surface area contributed by atoms with E-state index in [1.54, 1.807) is 0 Å². The van der Waals surface area contributed by atoms with E-state index in [1.807, 2.05) is 0 Å². The molecule has 5 atom stereocenters. The molecule has 76 valence electrons. The largest absolute Gasteiger partial charge is 0.0651 e. The summed E-state index contributed by atoms with van der Waals surface area (Å²) in [5, 5.41) is 0. The first-order valence-corrected chi connectivity index (χ1v) is 6.20. The summed E-state index contributed by atoms with van der Waals surface area (Å²) in [5.74, 6) is 6.50. The zero-order valence-electron chi connectivity index (χ0n) is 9.59. The Morgan fingerprint density at radius 2 is 1.69 bits per heavy atom. The fourth-order valence-electron chi connectivity index (χ4n) is 3.66. The van der Waals surface area contributed by atoms with Gasteiger partial charge >= 0.3 is 0 Å². The highest BCUT2D eigenvalue weighted by molar-refractivity contribution is 5.06. The highest BCUT2D eigenvalue weighted by Crippen LogP contribution is 2.64. The normalized spacial score (nSPS) is 48.2. The molecule has 0 aliphatic heterocycles. The minimum Gasteiger partial charge on any atom is -0.0651 e. The molecule has 0 bridgehead atoms. The van der Waals surface area contributed by atoms with Gasteiger partial charge < -0.3 is 0 Å². The molecule has 0 heteroatoms. The van der Waals surface area contributed by atoms with Crippen molar-refractivity contribution in [3.05, 3.63) is 0 Å². The Labute approximate surface area is 83.1 Å². The van der Waals surface area contributed by atoms with Crippen LogP contribution in [0.4, 0.5) is 0 Å². The summed E-state index contributed by atoms with van der Waals surface area (Å²) in [6.45, 7) is 9.65. The van der Waals surface area contributed by atoms with Gasteiger partial charge in [-0.05, 0) is 41.9 Å². The van der Waals surface area contributed by atoms with Crippen molar-refractivity contribution >= 4 is 0 Å². The Hall–Kier alpha value is 0. The number of rotatable bonds is 4. The van der Waals surface area contributed by atoms with Crippen molar-refractivity contribution in [3.63, 3.8) is 0 Å². The first-order chi connectivity index (χ1) is 6.20. The second-order valence-electron chi connectivity index (χ2n) is 5.47. The van der Waals surface area contributed by atoms with Gasteiger partial charge in [0.25, 0.3) is 0 Å². The van der Waals surface area contributed by atoms with E-state index < -0.39 is 0 Å². The average Bonchev–Trinajstić information content (AvgIpc) is 2.96. The van der Waals surface area contributed by atoms with Gasteiger partial charge in [0.2, 0.25) is 0 Å². The maximum atomic E-state index is 2.48. The molecule has 0 aromatic carbocycles. The SMILES string of the molecule is CCC(CC)C1C(C)C1C1CC1C. The molecule has 2 aliphatic carbocycles. The van der Waals surface area contributed by atoms with Crippen LogP contribution >= 0.6 is 0 Å². The van der Waals surface area contributed by atoms with Gasteiger partial charge in [0.05, 0.1) is 0 Å². The minimum atomic E-state index is 1.03. The van der Waals surface area contributed by atoms with E-state index in [-0.39, 0.29) is 0 Å². The van der Waals surface area contributed by atoms with Gasteiger partial charge in [-0.25, -0.2) is 0 Å². The van der Waals surface area contributed by atoms with E-state index in [4.69, 9.17) is 0 Å². The van der Waals surface area contributed by atoms with Gasteiger partial charge in [-0.15, -0.1) is 0 Å². The van der Waals surface area contributed by atoms with Crippen LogP contribution in [0, 0.1) is 35.5 Å². The van der Waals surface area contributed by atoms with Crippen LogP contribution in [0.3, 0.4) is 0 Å². The fraction of sp³-hybridized carbons (Fsp3) is 1.00. The molecule has 0 amide bonds. The molecule has 2 rings (SSSR count). The van der Waals surface area contributed by atoms with Crippen LogP contribution in [0.5, 0.6) is 0 Å². The third-order valence-electron chi connectivity index (χ3n) is 4.78. The molecule has 5 unspecified atom stereocenters. The highest BCUT2D eigenvalue weighted by Gasteiger charge is 2.58. The summed E-state index contributed by atoms with van der Waals surface area (Å²) in [6, 6.07) is 0. The molecule has 2 fully saturated rings. The molecular formula is C13H24. The third kappa shape index (κ3) is 1.53. The summed E-state index contributed by atoms with van der Waals surface area (Å²) in [7, 11) is 0. The van der Waals surface area contributed by atoms with Crippen LogP contribution in [0.25, 0.3) is 0 Å². The van der Waals surface area contributed by atoms with Crippen LogP contribution in [-0.4, -0.2) is 0 Å². The second kappa shape index (κ2) is 3.29. The van der Waals surface area contributed by atoms with Gasteiger partial charge in [-0.1, -0.05) is 40.5 Å². The molecule has 0 radical (unpaired) electrons. The third-order valence-corrected chi connectivity index (χ3v) is 4.78. The van der Waals surface area contributed by atoms with Gasteiger partial charge in [-0.3, -0.25) is 0 Å². The summed E-state index contributed by atoms with van der Waals surface area (Å²) in [6.07, 6.45) is 4.35. The minimum absolute atomic E-state index is 1.03. The average molecular weight is 180 g/mol. The van der Waals surface area contributed by atoms with Crippen molar-refractivity contribution in [2.24, 2.45) is 35.5 Å². The fourth-order valence-corrected chi connectivity index (χ4v) is 3.66. The van der Waals surface area contributed by atoms with Crippen LogP contribution in [0.1, 0.15) is 47.0 Å². The quantitative estimate of drug-likeness (QED) is 0.614. The molecule has 2 aliphatic rings. The molecule has 0 spiro atoms. The Morgan fingerprint density at radius 3 is 2.08 bits per heavy atom. The van der Waals surface area contributed by atoms with Gasteiger partial charge in [0.1, 0.15) is 0 Å². The standard InChI is InChI=1S/C13H24/c1-5-10(6-2)12-9(4)13(12)11-7-8(11)3/h8-13H,5-7H2,1-4H3. The van der Waals surface area contributed by atoms with E-state index >= 15 is 0 Å². The zero-order valence-corrected chi connectivity index (χ0v) is 9.59. The van der Waals surface area contributed by atoms with Crippen LogP contribution in [0.15, 0.2) is 0 Å². The molecule has 0 aromatic rings. The lowest BCUT2D eigenvalue weighted by Gasteiger charge is -2.11. The molecule has 0 N–H and O–H groups in total. The van der Waals surface area contributed by atoms with Gasteiger partial charge in [0.15, 0.2) is 0 Å². The molecule has 0 heterocycles. The first kappa shape index (κ1) is 9.55. The lowest BCUT2D eigenvalue weighted by Crippen LogP contribution is -2.02. The van der Waals surface area contributed by atoms with Crippen molar-refractivity contribution in [2.45, 2.75) is 47.0 Å². The predicted molar refractivity (Wildman–Crippen MR) is 57.5 cm³/mol. The Bertz CT molecular complexity index is 180. The van der Waals surface area contributed by atoms with E-state index in [1.165, 1.54) is 19.3 Å². The highest BCUT2D eigenvalue weighted by atomic mass is 14.6. The molecule has 2 saturated carbocycles. The summed E-state index contributed by atoms with van der Waals surface area (Å²) in [5.41, 5.74) is 0. The van der Waals surface area contributed by atoms with E-state index in [0.29, 0.717) is 0 Å². The van der Waals surface area contributed by atoms with Crippen LogP contribution in [0.2, 0.25) is 0 Å². The van der Waals surface area contributed by atoms with Crippen molar-refractivity contribution in [1.29, 1.82) is 0 Å². The predicted octanol–water partition coefficient (Wildman–Crippen LogP) is 3.96. The molecule has 0 nitrogen and oxygen atoms in total. The maximum absolute atomic E-state index is 2.48. The monoisotopic (exact) mass is 180 g/mol. The Balaban J connectivity index is 1.89. The maximum Gasteiger partial charge on any atom is -0.0321 e. The molecule has 0 aromatic heterocycles. The van der Waals surface area contributed by atoms with Crippen LogP contribution in [-0.2, 0) is 0 Å². The summed E-state index contributed by atoms with van der Waals surface area (Å²) >= 11 is 0. The summed E-state index contributed by atoms with van der Waals surface area (Å²) in [4.78, 5) is 0. The zero-order chi connectivity index (χ0) is 9.59.